The molecule has 0 aromatic heterocycles. The quantitative estimate of drug-likeness (QED) is 0.532. The first-order valence-electron chi connectivity index (χ1n) is 12.7. The molecule has 2 aliphatic heterocycles. The van der Waals surface area contributed by atoms with Gasteiger partial charge in [0, 0.05) is 32.1 Å². The van der Waals surface area contributed by atoms with Crippen molar-refractivity contribution in [3.05, 3.63) is 84.4 Å². The van der Waals surface area contributed by atoms with E-state index in [1.54, 1.807) is 11.8 Å². The molecule has 1 fully saturated rings. The zero-order valence-electron chi connectivity index (χ0n) is 21.3. The fraction of sp³-hybridized carbons (Fsp3) is 0.300. The lowest BCUT2D eigenvalue weighted by Crippen LogP contribution is -2.46. The van der Waals surface area contributed by atoms with Gasteiger partial charge in [-0.25, -0.2) is 4.99 Å². The summed E-state index contributed by atoms with van der Waals surface area (Å²) in [6, 6.07) is 25.4. The lowest BCUT2D eigenvalue weighted by Gasteiger charge is -2.33. The number of carbonyl (C=O) groups excluding carboxylic acids is 2. The van der Waals surface area contributed by atoms with Crippen molar-refractivity contribution in [2.45, 2.75) is 32.2 Å². The van der Waals surface area contributed by atoms with Crippen LogP contribution in [0, 0.1) is 5.92 Å². The second kappa shape index (κ2) is 10.1. The van der Waals surface area contributed by atoms with E-state index >= 15 is 0 Å². The molecule has 2 aliphatic rings. The number of piperidine rings is 1. The van der Waals surface area contributed by atoms with E-state index in [0.717, 1.165) is 41.0 Å². The van der Waals surface area contributed by atoms with E-state index in [0.29, 0.717) is 19.6 Å². The van der Waals surface area contributed by atoms with Crippen molar-refractivity contribution >= 4 is 17.8 Å². The summed E-state index contributed by atoms with van der Waals surface area (Å²) >= 11 is 0. The van der Waals surface area contributed by atoms with Gasteiger partial charge in [-0.2, -0.15) is 0 Å². The van der Waals surface area contributed by atoms with Crippen molar-refractivity contribution in [3.8, 4) is 22.6 Å². The zero-order valence-corrected chi connectivity index (χ0v) is 21.3. The Morgan fingerprint density at radius 2 is 1.73 bits per heavy atom. The molecule has 5 rings (SSSR count). The van der Waals surface area contributed by atoms with Gasteiger partial charge >= 0.3 is 0 Å². The maximum Gasteiger partial charge on any atom is 0.261 e. The Morgan fingerprint density at radius 1 is 1.03 bits per heavy atom. The molecule has 37 heavy (non-hydrogen) atoms. The number of nitrogens with two attached hydrogens (primary N) is 1. The number of hydrogen-bond acceptors (Lipinski definition) is 5. The fourth-order valence-corrected chi connectivity index (χ4v) is 5.16. The third-order valence-corrected chi connectivity index (χ3v) is 7.37. The minimum atomic E-state index is -1.10. The van der Waals surface area contributed by atoms with Crippen LogP contribution in [0.4, 0.5) is 0 Å². The standard InChI is InChI=1S/C30H32N4O3/c1-21(35)33-17-15-22(16-18-33)20-34-28(36)30(2,32-29(34)31)24-10-8-9-23(19-24)26-13-6-7-14-27(26)37-25-11-4-3-5-12-25/h3-14,19,22H,15-18,20H2,1-2H3,(H2,31,32). The molecule has 2 heterocycles. The number of rotatable bonds is 6. The molecule has 7 heteroatoms. The lowest BCUT2D eigenvalue weighted by molar-refractivity contribution is -0.133. The zero-order chi connectivity index (χ0) is 26.0. The molecule has 0 saturated carbocycles. The molecule has 0 radical (unpaired) electrons. The number of ether oxygens (including phenoxy) is 1. The van der Waals surface area contributed by atoms with Crippen LogP contribution >= 0.6 is 0 Å². The highest BCUT2D eigenvalue weighted by molar-refractivity contribution is 6.07. The van der Waals surface area contributed by atoms with Crippen LogP contribution in [0.5, 0.6) is 11.5 Å². The number of para-hydroxylation sites is 2. The minimum absolute atomic E-state index is 0.0972. The largest absolute Gasteiger partial charge is 0.457 e. The lowest BCUT2D eigenvalue weighted by atomic mass is 9.89. The highest BCUT2D eigenvalue weighted by Crippen LogP contribution is 2.38. The van der Waals surface area contributed by atoms with Gasteiger partial charge in [0.1, 0.15) is 11.5 Å². The summed E-state index contributed by atoms with van der Waals surface area (Å²) in [4.78, 5) is 33.5. The van der Waals surface area contributed by atoms with Crippen LogP contribution in [0.2, 0.25) is 0 Å². The molecule has 0 bridgehead atoms. The Labute approximate surface area is 217 Å². The molecule has 2 N–H and O–H groups in total. The summed E-state index contributed by atoms with van der Waals surface area (Å²) in [5.41, 5.74) is 7.84. The van der Waals surface area contributed by atoms with Gasteiger partial charge in [-0.3, -0.25) is 14.5 Å². The third-order valence-electron chi connectivity index (χ3n) is 7.37. The van der Waals surface area contributed by atoms with Gasteiger partial charge in [-0.05, 0) is 61.1 Å². The smallest absolute Gasteiger partial charge is 0.261 e. The van der Waals surface area contributed by atoms with Crippen LogP contribution in [-0.4, -0.2) is 47.2 Å². The Balaban J connectivity index is 1.37. The van der Waals surface area contributed by atoms with E-state index in [2.05, 4.69) is 4.99 Å². The first-order valence-corrected chi connectivity index (χ1v) is 12.7. The normalized spacial score (nSPS) is 20.2. The number of amides is 2. The maximum atomic E-state index is 13.7. The van der Waals surface area contributed by atoms with Crippen molar-refractivity contribution in [2.75, 3.05) is 19.6 Å². The monoisotopic (exact) mass is 496 g/mol. The number of guanidine groups is 1. The Hall–Kier alpha value is -4.13. The van der Waals surface area contributed by atoms with Gasteiger partial charge in [-0.1, -0.05) is 54.6 Å². The number of hydrogen-bond donors (Lipinski definition) is 1. The van der Waals surface area contributed by atoms with E-state index in [1.807, 2.05) is 90.7 Å². The van der Waals surface area contributed by atoms with Crippen LogP contribution in [-0.2, 0) is 15.1 Å². The SMILES string of the molecule is CC(=O)N1CCC(CN2C(=O)C(C)(c3cccc(-c4ccccc4Oc4ccccc4)c3)N=C2N)CC1. The van der Waals surface area contributed by atoms with Crippen LogP contribution < -0.4 is 10.5 Å². The molecule has 7 nitrogen and oxygen atoms in total. The molecule has 3 aromatic rings. The third kappa shape index (κ3) is 4.94. The summed E-state index contributed by atoms with van der Waals surface area (Å²) in [6.45, 7) is 5.36. The number of benzene rings is 3. The van der Waals surface area contributed by atoms with Crippen LogP contribution in [0.25, 0.3) is 11.1 Å². The summed E-state index contributed by atoms with van der Waals surface area (Å²) in [5.74, 6) is 2.00. The summed E-state index contributed by atoms with van der Waals surface area (Å²) < 4.78 is 6.17. The van der Waals surface area contributed by atoms with E-state index in [1.165, 1.54) is 0 Å². The Morgan fingerprint density at radius 3 is 2.46 bits per heavy atom. The molecule has 1 atom stereocenters. The molecule has 0 aliphatic carbocycles. The number of likely N-dealkylation sites (tertiary alicyclic amines) is 1. The molecule has 190 valence electrons. The van der Waals surface area contributed by atoms with Gasteiger partial charge in [-0.15, -0.1) is 0 Å². The summed E-state index contributed by atoms with van der Waals surface area (Å²) in [7, 11) is 0. The van der Waals surface area contributed by atoms with Crippen molar-refractivity contribution in [3.63, 3.8) is 0 Å². The van der Waals surface area contributed by atoms with Gasteiger partial charge in [0.2, 0.25) is 5.91 Å². The number of nitrogens with zero attached hydrogens (tertiary/aromatic N) is 3. The van der Waals surface area contributed by atoms with E-state index < -0.39 is 5.54 Å². The maximum absolute atomic E-state index is 13.7. The first-order chi connectivity index (χ1) is 17.8. The van der Waals surface area contributed by atoms with Crippen LogP contribution in [0.3, 0.4) is 0 Å². The van der Waals surface area contributed by atoms with Gasteiger partial charge < -0.3 is 15.4 Å². The second-order valence-corrected chi connectivity index (χ2v) is 9.90. The van der Waals surface area contributed by atoms with E-state index in [4.69, 9.17) is 10.5 Å². The molecule has 3 aromatic carbocycles. The fourth-order valence-electron chi connectivity index (χ4n) is 5.16. The Kier molecular flexibility index (Phi) is 6.70. The molecular formula is C30H32N4O3. The molecule has 1 unspecified atom stereocenters. The van der Waals surface area contributed by atoms with E-state index in [9.17, 15) is 9.59 Å². The highest BCUT2D eigenvalue weighted by atomic mass is 16.5. The Bertz CT molecular complexity index is 1330. The number of carbonyl (C=O) groups is 2. The van der Waals surface area contributed by atoms with E-state index in [-0.39, 0.29) is 23.7 Å². The average Bonchev–Trinajstić information content (AvgIpc) is 3.14. The molecule has 0 spiro atoms. The summed E-state index contributed by atoms with van der Waals surface area (Å²) in [6.07, 6.45) is 1.70. The molecule has 1 saturated heterocycles. The van der Waals surface area contributed by atoms with Gasteiger partial charge in [0.15, 0.2) is 11.5 Å². The van der Waals surface area contributed by atoms with Gasteiger partial charge in [0.05, 0.1) is 0 Å². The van der Waals surface area contributed by atoms with Crippen molar-refractivity contribution in [1.82, 2.24) is 9.80 Å². The highest BCUT2D eigenvalue weighted by Gasteiger charge is 2.46. The molecular weight excluding hydrogens is 464 g/mol. The number of aliphatic imine (C=N–C) groups is 1. The van der Waals surface area contributed by atoms with Crippen LogP contribution in [0.15, 0.2) is 83.9 Å². The van der Waals surface area contributed by atoms with Crippen molar-refractivity contribution in [2.24, 2.45) is 16.6 Å². The predicted octanol–water partition coefficient (Wildman–Crippen LogP) is 4.78. The topological polar surface area (TPSA) is 88.2 Å². The predicted molar refractivity (Wildman–Crippen MR) is 144 cm³/mol. The molecule has 2 amide bonds. The minimum Gasteiger partial charge on any atom is -0.457 e. The van der Waals surface area contributed by atoms with Gasteiger partial charge in [0.25, 0.3) is 5.91 Å². The average molecular weight is 497 g/mol. The van der Waals surface area contributed by atoms with Crippen molar-refractivity contribution < 1.29 is 14.3 Å². The second-order valence-electron chi connectivity index (χ2n) is 9.90. The first kappa shape index (κ1) is 24.6. The van der Waals surface area contributed by atoms with Crippen LogP contribution in [0.1, 0.15) is 32.3 Å². The summed E-state index contributed by atoms with van der Waals surface area (Å²) in [5, 5.41) is 0. The van der Waals surface area contributed by atoms with Crippen molar-refractivity contribution in [1.29, 1.82) is 0 Å².